The molecule has 1 aromatic carbocycles. The van der Waals surface area contributed by atoms with Gasteiger partial charge in [0, 0.05) is 0 Å². The molecule has 1 N–H and O–H groups in total. The zero-order valence-corrected chi connectivity index (χ0v) is 15.7. The minimum Gasteiger partial charge on any atom is -0.463 e. The number of ether oxygens (including phenoxy) is 2. The molecule has 7 nitrogen and oxygen atoms in total. The maximum atomic E-state index is 12.9. The van der Waals surface area contributed by atoms with Gasteiger partial charge in [-0.25, -0.2) is 18.0 Å². The second-order valence-corrected chi connectivity index (χ2v) is 7.58. The van der Waals surface area contributed by atoms with Crippen LogP contribution in [0.4, 0.5) is 5.69 Å². The quantitative estimate of drug-likeness (QED) is 0.729. The molecule has 1 aliphatic carbocycles. The van der Waals surface area contributed by atoms with Gasteiger partial charge in [-0.05, 0) is 45.2 Å². The van der Waals surface area contributed by atoms with Gasteiger partial charge < -0.3 is 9.47 Å². The van der Waals surface area contributed by atoms with Crippen molar-refractivity contribution in [1.29, 1.82) is 0 Å². The van der Waals surface area contributed by atoms with E-state index in [-0.39, 0.29) is 30.0 Å². The third-order valence-electron chi connectivity index (χ3n) is 3.94. The molecule has 0 heterocycles. The first-order valence-corrected chi connectivity index (χ1v) is 10.1. The molecule has 1 aromatic rings. The van der Waals surface area contributed by atoms with Crippen LogP contribution in [0, 0.1) is 0 Å². The number of carbonyl (C=O) groups is 2. The summed E-state index contributed by atoms with van der Waals surface area (Å²) in [6.07, 6.45) is 3.19. The molecule has 8 heteroatoms. The van der Waals surface area contributed by atoms with E-state index < -0.39 is 27.2 Å². The number of hydrogen-bond donors (Lipinski definition) is 1. The number of allylic oxidation sites excluding steroid dienone is 1. The van der Waals surface area contributed by atoms with Crippen LogP contribution in [0.3, 0.4) is 0 Å². The first kappa shape index (κ1) is 20.0. The van der Waals surface area contributed by atoms with E-state index in [1.54, 1.807) is 32.1 Å². The van der Waals surface area contributed by atoms with Crippen molar-refractivity contribution in [3.05, 3.63) is 41.5 Å². The fourth-order valence-corrected chi connectivity index (χ4v) is 4.41. The first-order valence-electron chi connectivity index (χ1n) is 8.55. The largest absolute Gasteiger partial charge is 0.463 e. The molecule has 0 saturated carbocycles. The van der Waals surface area contributed by atoms with E-state index in [1.807, 2.05) is 0 Å². The number of nitrogens with one attached hydrogen (secondary N) is 1. The third kappa shape index (κ3) is 4.63. The first-order chi connectivity index (χ1) is 12.4. The summed E-state index contributed by atoms with van der Waals surface area (Å²) in [6, 6.07) is 6.21. The van der Waals surface area contributed by atoms with Crippen LogP contribution in [-0.4, -0.2) is 38.8 Å². The van der Waals surface area contributed by atoms with E-state index >= 15 is 0 Å². The molecule has 0 bridgehead atoms. The molecule has 26 heavy (non-hydrogen) atoms. The van der Waals surface area contributed by atoms with Gasteiger partial charge in [-0.2, -0.15) is 0 Å². The lowest BCUT2D eigenvalue weighted by atomic mass is 9.99. The Morgan fingerprint density at radius 3 is 2.46 bits per heavy atom. The molecule has 0 aliphatic heterocycles. The molecule has 2 rings (SSSR count). The molecule has 0 aromatic heterocycles. The Balaban J connectivity index is 2.31. The van der Waals surface area contributed by atoms with Crippen molar-refractivity contribution in [1.82, 2.24) is 0 Å². The van der Waals surface area contributed by atoms with Gasteiger partial charge in [0.05, 0.1) is 30.0 Å². The molecule has 0 saturated heterocycles. The van der Waals surface area contributed by atoms with Crippen molar-refractivity contribution >= 4 is 27.6 Å². The van der Waals surface area contributed by atoms with Crippen LogP contribution in [-0.2, 0) is 24.3 Å². The summed E-state index contributed by atoms with van der Waals surface area (Å²) in [4.78, 5) is 24.2. The normalized spacial score (nSPS) is 17.2. The van der Waals surface area contributed by atoms with E-state index in [9.17, 15) is 18.0 Å². The number of carbonyl (C=O) groups excluding carboxylic acids is 2. The van der Waals surface area contributed by atoms with Crippen LogP contribution in [0.15, 0.2) is 35.9 Å². The molecule has 1 aliphatic rings. The van der Waals surface area contributed by atoms with Gasteiger partial charge in [-0.1, -0.05) is 18.2 Å². The van der Waals surface area contributed by atoms with Crippen LogP contribution in [0.5, 0.6) is 0 Å². The highest BCUT2D eigenvalue weighted by molar-refractivity contribution is 7.93. The lowest BCUT2D eigenvalue weighted by Crippen LogP contribution is -2.35. The zero-order chi connectivity index (χ0) is 19.2. The fraction of sp³-hybridized carbons (Fsp3) is 0.444. The van der Waals surface area contributed by atoms with Crippen molar-refractivity contribution in [3.63, 3.8) is 0 Å². The number of benzene rings is 1. The smallest absolute Gasteiger partial charge is 0.340 e. The molecular formula is C18H23NO6S. The third-order valence-corrected chi connectivity index (χ3v) is 5.69. The average Bonchev–Trinajstić information content (AvgIpc) is 2.62. The zero-order valence-electron chi connectivity index (χ0n) is 14.9. The number of hydrogen-bond acceptors (Lipinski definition) is 6. The molecule has 0 spiro atoms. The number of para-hydroxylation sites is 1. The summed E-state index contributed by atoms with van der Waals surface area (Å²) < 4.78 is 38.2. The Bertz CT molecular complexity index is 800. The summed E-state index contributed by atoms with van der Waals surface area (Å²) in [7, 11) is -3.95. The van der Waals surface area contributed by atoms with E-state index in [1.165, 1.54) is 12.1 Å². The highest BCUT2D eigenvalue weighted by Gasteiger charge is 2.35. The van der Waals surface area contributed by atoms with Gasteiger partial charge in [-0.3, -0.25) is 4.72 Å². The van der Waals surface area contributed by atoms with Crippen LogP contribution in [0.1, 0.15) is 43.5 Å². The number of sulfonamides is 1. The Kier molecular flexibility index (Phi) is 6.79. The lowest BCUT2D eigenvalue weighted by Gasteiger charge is -2.24. The Morgan fingerprint density at radius 1 is 1.12 bits per heavy atom. The van der Waals surface area contributed by atoms with Gasteiger partial charge in [0.2, 0.25) is 10.0 Å². The summed E-state index contributed by atoms with van der Waals surface area (Å²) in [5.41, 5.74) is 0.384. The number of esters is 2. The van der Waals surface area contributed by atoms with Gasteiger partial charge in [-0.15, -0.1) is 0 Å². The van der Waals surface area contributed by atoms with E-state index in [0.717, 1.165) is 0 Å². The molecule has 1 unspecified atom stereocenters. The maximum absolute atomic E-state index is 12.9. The SMILES string of the molecule is CCOC(=O)C1=CCCCC1S(=O)(=O)Nc1ccccc1C(=O)OCC. The second-order valence-electron chi connectivity index (χ2n) is 5.71. The predicted octanol–water partition coefficient (Wildman–Crippen LogP) is 2.65. The summed E-state index contributed by atoms with van der Waals surface area (Å²) >= 11 is 0. The van der Waals surface area contributed by atoms with E-state index in [2.05, 4.69) is 4.72 Å². The molecule has 1 atom stereocenters. The monoisotopic (exact) mass is 381 g/mol. The molecule has 0 amide bonds. The highest BCUT2D eigenvalue weighted by atomic mass is 32.2. The average molecular weight is 381 g/mol. The Morgan fingerprint density at radius 2 is 1.77 bits per heavy atom. The Labute approximate surface area is 153 Å². The van der Waals surface area contributed by atoms with Gasteiger partial charge >= 0.3 is 11.9 Å². The minimum absolute atomic E-state index is 0.121. The fourth-order valence-electron chi connectivity index (χ4n) is 2.78. The Hall–Kier alpha value is -2.35. The van der Waals surface area contributed by atoms with Gasteiger partial charge in [0.1, 0.15) is 5.25 Å². The van der Waals surface area contributed by atoms with E-state index in [4.69, 9.17) is 9.47 Å². The van der Waals surface area contributed by atoms with Crippen molar-refractivity contribution in [2.24, 2.45) is 0 Å². The standard InChI is InChI=1S/C18H23NO6S/c1-3-24-17(20)13-9-5-7-11-15(13)19-26(22,23)16-12-8-6-10-14(16)18(21)25-4-2/h5,7,9-11,16,19H,3-4,6,8,12H2,1-2H3. The van der Waals surface area contributed by atoms with Crippen LogP contribution in [0.25, 0.3) is 0 Å². The van der Waals surface area contributed by atoms with E-state index in [0.29, 0.717) is 19.3 Å². The van der Waals surface area contributed by atoms with Gasteiger partial charge in [0.25, 0.3) is 0 Å². The van der Waals surface area contributed by atoms with Crippen LogP contribution in [0.2, 0.25) is 0 Å². The second kappa shape index (κ2) is 8.84. The van der Waals surface area contributed by atoms with Crippen LogP contribution < -0.4 is 4.72 Å². The molecule has 0 radical (unpaired) electrons. The number of anilines is 1. The summed E-state index contributed by atoms with van der Waals surface area (Å²) in [6.45, 7) is 3.68. The topological polar surface area (TPSA) is 98.8 Å². The molecular weight excluding hydrogens is 358 g/mol. The van der Waals surface area contributed by atoms with Crippen molar-refractivity contribution in [2.45, 2.75) is 38.4 Å². The highest BCUT2D eigenvalue weighted by Crippen LogP contribution is 2.28. The van der Waals surface area contributed by atoms with Crippen molar-refractivity contribution in [2.75, 3.05) is 17.9 Å². The molecule has 142 valence electrons. The minimum atomic E-state index is -3.95. The molecule has 0 fully saturated rings. The predicted molar refractivity (Wildman–Crippen MR) is 97.3 cm³/mol. The van der Waals surface area contributed by atoms with Crippen LogP contribution >= 0.6 is 0 Å². The maximum Gasteiger partial charge on any atom is 0.340 e. The van der Waals surface area contributed by atoms with Crippen molar-refractivity contribution < 1.29 is 27.5 Å². The summed E-state index contributed by atoms with van der Waals surface area (Å²) in [5.74, 6) is -1.24. The van der Waals surface area contributed by atoms with Gasteiger partial charge in [0.15, 0.2) is 0 Å². The summed E-state index contributed by atoms with van der Waals surface area (Å²) in [5, 5.41) is -1.02. The number of rotatable bonds is 7. The van der Waals surface area contributed by atoms with Crippen molar-refractivity contribution in [3.8, 4) is 0 Å². The lowest BCUT2D eigenvalue weighted by molar-refractivity contribution is -0.138.